The third-order valence-electron chi connectivity index (χ3n) is 1.47. The van der Waals surface area contributed by atoms with Gasteiger partial charge in [0.2, 0.25) is 0 Å². The van der Waals surface area contributed by atoms with E-state index in [1.54, 1.807) is 12.1 Å². The zero-order valence-corrected chi connectivity index (χ0v) is 7.62. The fourth-order valence-electron chi connectivity index (χ4n) is 0.675. The average Bonchev–Trinajstić information content (AvgIpc) is 2.14. The Kier molecular flexibility index (Phi) is 6.49. The molecule has 0 fully saturated rings. The molecule has 0 N–H and O–H groups in total. The van der Waals surface area contributed by atoms with Gasteiger partial charge >= 0.3 is 0 Å². The molecule has 0 aromatic carbocycles. The molecule has 4 heteroatoms. The zero-order chi connectivity index (χ0) is 10.1. The molecule has 0 saturated carbocycles. The van der Waals surface area contributed by atoms with Crippen molar-refractivity contribution in [1.82, 2.24) is 0 Å². The van der Waals surface area contributed by atoms with Crippen molar-refractivity contribution in [3.8, 4) is 12.1 Å². The van der Waals surface area contributed by atoms with Crippen LogP contribution in [0.4, 0.5) is 0 Å². The van der Waals surface area contributed by atoms with Crippen LogP contribution in [0, 0.1) is 28.6 Å². The summed E-state index contributed by atoms with van der Waals surface area (Å²) in [7, 11) is 0. The SMILES string of the molecule is CCCCOCC(=O)C(C#N)C#N. The van der Waals surface area contributed by atoms with Gasteiger partial charge < -0.3 is 4.74 Å². The molecule has 0 aliphatic carbocycles. The van der Waals surface area contributed by atoms with Gasteiger partial charge in [0.15, 0.2) is 11.7 Å². The van der Waals surface area contributed by atoms with Crippen LogP contribution in [0.25, 0.3) is 0 Å². The van der Waals surface area contributed by atoms with Gasteiger partial charge in [-0.05, 0) is 6.42 Å². The summed E-state index contributed by atoms with van der Waals surface area (Å²) in [5, 5.41) is 16.7. The van der Waals surface area contributed by atoms with Crippen molar-refractivity contribution < 1.29 is 9.53 Å². The Balaban J connectivity index is 3.64. The van der Waals surface area contributed by atoms with Crippen LogP contribution in [-0.2, 0) is 9.53 Å². The molecule has 0 heterocycles. The molecule has 0 spiro atoms. The molecule has 0 radical (unpaired) electrons. The molecule has 0 aliphatic heterocycles. The Bertz CT molecular complexity index is 223. The lowest BCUT2D eigenvalue weighted by atomic mass is 10.1. The second kappa shape index (κ2) is 7.27. The van der Waals surface area contributed by atoms with Gasteiger partial charge in [-0.3, -0.25) is 4.79 Å². The number of rotatable bonds is 6. The van der Waals surface area contributed by atoms with E-state index in [2.05, 4.69) is 0 Å². The molecule has 4 nitrogen and oxygen atoms in total. The van der Waals surface area contributed by atoms with Gasteiger partial charge in [0.1, 0.15) is 6.61 Å². The van der Waals surface area contributed by atoms with Crippen LogP contribution >= 0.6 is 0 Å². The first-order valence-corrected chi connectivity index (χ1v) is 4.16. The van der Waals surface area contributed by atoms with Crippen molar-refractivity contribution in [2.45, 2.75) is 19.8 Å². The predicted molar refractivity (Wildman–Crippen MR) is 45.5 cm³/mol. The third-order valence-corrected chi connectivity index (χ3v) is 1.47. The summed E-state index contributed by atoms with van der Waals surface area (Å²) in [5.74, 6) is -1.64. The van der Waals surface area contributed by atoms with Gasteiger partial charge in [0.05, 0.1) is 12.1 Å². The minimum Gasteiger partial charge on any atom is -0.374 e. The second-order valence-electron chi connectivity index (χ2n) is 2.56. The molecule has 0 amide bonds. The first-order chi connectivity index (χ1) is 6.26. The van der Waals surface area contributed by atoms with Crippen molar-refractivity contribution in [2.24, 2.45) is 5.92 Å². The van der Waals surface area contributed by atoms with Crippen LogP contribution in [0.5, 0.6) is 0 Å². The Morgan fingerprint density at radius 1 is 1.46 bits per heavy atom. The lowest BCUT2D eigenvalue weighted by molar-refractivity contribution is -0.124. The molecule has 0 aliphatic rings. The monoisotopic (exact) mass is 180 g/mol. The topological polar surface area (TPSA) is 73.9 Å². The van der Waals surface area contributed by atoms with Crippen molar-refractivity contribution in [1.29, 1.82) is 10.5 Å². The quantitative estimate of drug-likeness (QED) is 0.572. The van der Waals surface area contributed by atoms with Gasteiger partial charge in [-0.2, -0.15) is 10.5 Å². The third kappa shape index (κ3) is 4.95. The van der Waals surface area contributed by atoms with Crippen LogP contribution in [-0.4, -0.2) is 19.0 Å². The highest BCUT2D eigenvalue weighted by Gasteiger charge is 2.16. The average molecular weight is 180 g/mol. The molecule has 0 unspecified atom stereocenters. The number of ketones is 1. The van der Waals surface area contributed by atoms with Gasteiger partial charge in [-0.25, -0.2) is 0 Å². The van der Waals surface area contributed by atoms with E-state index in [1.807, 2.05) is 6.92 Å². The van der Waals surface area contributed by atoms with E-state index in [-0.39, 0.29) is 6.61 Å². The maximum absolute atomic E-state index is 11.0. The highest BCUT2D eigenvalue weighted by atomic mass is 16.5. The van der Waals surface area contributed by atoms with Gasteiger partial charge in [-0.15, -0.1) is 0 Å². The molecule has 0 aromatic rings. The number of unbranched alkanes of at least 4 members (excludes halogenated alkanes) is 1. The highest BCUT2D eigenvalue weighted by molar-refractivity contribution is 5.86. The van der Waals surface area contributed by atoms with E-state index in [0.717, 1.165) is 12.8 Å². The predicted octanol–water partition coefficient (Wildman–Crippen LogP) is 1.04. The standard InChI is InChI=1S/C9H12N2O2/c1-2-3-4-13-7-9(12)8(5-10)6-11/h8H,2-4,7H2,1H3. The molecule has 0 rings (SSSR count). The number of nitriles is 2. The van der Waals surface area contributed by atoms with Gasteiger partial charge in [0.25, 0.3) is 0 Å². The lowest BCUT2D eigenvalue weighted by Gasteiger charge is -2.01. The number of ether oxygens (including phenoxy) is 1. The normalized spacial score (nSPS) is 9.23. The smallest absolute Gasteiger partial charge is 0.193 e. The number of nitrogens with zero attached hydrogens (tertiary/aromatic N) is 2. The maximum Gasteiger partial charge on any atom is 0.193 e. The summed E-state index contributed by atoms with van der Waals surface area (Å²) in [5.41, 5.74) is 0. The lowest BCUT2D eigenvalue weighted by Crippen LogP contribution is -2.17. The molecule has 13 heavy (non-hydrogen) atoms. The summed E-state index contributed by atoms with van der Waals surface area (Å²) in [6.07, 6.45) is 1.88. The summed E-state index contributed by atoms with van der Waals surface area (Å²) in [4.78, 5) is 11.0. The highest BCUT2D eigenvalue weighted by Crippen LogP contribution is 1.96. The molecule has 0 atom stereocenters. The summed E-state index contributed by atoms with van der Waals surface area (Å²) in [6.45, 7) is 2.39. The van der Waals surface area contributed by atoms with Crippen molar-refractivity contribution in [3.05, 3.63) is 0 Å². The fourth-order valence-corrected chi connectivity index (χ4v) is 0.675. The van der Waals surface area contributed by atoms with Gasteiger partial charge in [0, 0.05) is 6.61 Å². The van der Waals surface area contributed by atoms with E-state index in [4.69, 9.17) is 15.3 Å². The molecule has 70 valence electrons. The fraction of sp³-hybridized carbons (Fsp3) is 0.667. The summed E-state index contributed by atoms with van der Waals surface area (Å²) >= 11 is 0. The minimum atomic E-state index is -1.18. The molecular weight excluding hydrogens is 168 g/mol. The summed E-state index contributed by atoms with van der Waals surface area (Å²) < 4.78 is 4.97. The largest absolute Gasteiger partial charge is 0.374 e. The van der Waals surface area contributed by atoms with Crippen molar-refractivity contribution in [2.75, 3.05) is 13.2 Å². The van der Waals surface area contributed by atoms with Crippen LogP contribution in [0.2, 0.25) is 0 Å². The first kappa shape index (κ1) is 11.6. The summed E-state index contributed by atoms with van der Waals surface area (Å²) in [6, 6.07) is 3.20. The van der Waals surface area contributed by atoms with E-state index in [1.165, 1.54) is 0 Å². The van der Waals surface area contributed by atoms with Gasteiger partial charge in [-0.1, -0.05) is 13.3 Å². The number of hydrogen-bond donors (Lipinski definition) is 0. The van der Waals surface area contributed by atoms with Crippen LogP contribution < -0.4 is 0 Å². The first-order valence-electron chi connectivity index (χ1n) is 4.16. The molecular formula is C9H12N2O2. The van der Waals surface area contributed by atoms with E-state index in [9.17, 15) is 4.79 Å². The van der Waals surface area contributed by atoms with Crippen LogP contribution in [0.15, 0.2) is 0 Å². The Morgan fingerprint density at radius 3 is 2.54 bits per heavy atom. The molecule has 0 aromatic heterocycles. The zero-order valence-electron chi connectivity index (χ0n) is 7.62. The Morgan fingerprint density at radius 2 is 2.08 bits per heavy atom. The molecule has 0 saturated heterocycles. The number of hydrogen-bond acceptors (Lipinski definition) is 4. The Labute approximate surface area is 77.7 Å². The van der Waals surface area contributed by atoms with E-state index >= 15 is 0 Å². The number of Topliss-reactive ketones (excluding diaryl/α,β-unsaturated/α-hetero) is 1. The van der Waals surface area contributed by atoms with E-state index < -0.39 is 11.7 Å². The second-order valence-corrected chi connectivity index (χ2v) is 2.56. The van der Waals surface area contributed by atoms with Crippen LogP contribution in [0.3, 0.4) is 0 Å². The van der Waals surface area contributed by atoms with Crippen molar-refractivity contribution in [3.63, 3.8) is 0 Å². The Hall–Kier alpha value is -1.39. The minimum absolute atomic E-state index is 0.133. The number of carbonyl (C=O) groups is 1. The maximum atomic E-state index is 11.0. The van der Waals surface area contributed by atoms with Crippen LogP contribution in [0.1, 0.15) is 19.8 Å². The number of carbonyl (C=O) groups excluding carboxylic acids is 1. The van der Waals surface area contributed by atoms with E-state index in [0.29, 0.717) is 6.61 Å². The van der Waals surface area contributed by atoms with Crippen molar-refractivity contribution >= 4 is 5.78 Å². The molecule has 0 bridgehead atoms.